The van der Waals surface area contributed by atoms with E-state index in [-0.39, 0.29) is 17.7 Å². The summed E-state index contributed by atoms with van der Waals surface area (Å²) in [4.78, 5) is 18.0. The van der Waals surface area contributed by atoms with Gasteiger partial charge in [-0.2, -0.15) is 4.80 Å². The van der Waals surface area contributed by atoms with Crippen molar-refractivity contribution in [1.29, 1.82) is 0 Å². The van der Waals surface area contributed by atoms with Crippen LogP contribution in [0.2, 0.25) is 0 Å². The maximum absolute atomic E-state index is 12.5. The molecule has 0 spiro atoms. The van der Waals surface area contributed by atoms with Gasteiger partial charge in [0, 0.05) is 43.6 Å². The number of benzene rings is 2. The van der Waals surface area contributed by atoms with Crippen molar-refractivity contribution in [1.82, 2.24) is 30.0 Å². The lowest BCUT2D eigenvalue weighted by Gasteiger charge is -2.42. The third kappa shape index (κ3) is 7.38. The van der Waals surface area contributed by atoms with Crippen molar-refractivity contribution in [2.24, 2.45) is 0 Å². The fourth-order valence-electron chi connectivity index (χ4n) is 5.92. The molecule has 1 amide bonds. The number of thiol groups is 1. The predicted molar refractivity (Wildman–Crippen MR) is 165 cm³/mol. The van der Waals surface area contributed by atoms with Crippen molar-refractivity contribution >= 4 is 16.8 Å². The SMILES string of the molecule is Cc1ccc([C@H]2[C@H](O)[C@H](O)[C@H](O)C[SH]2C)cc1Cc1ccc(CCCc2nnn(CC(=O)N3CCN(C)CC3)n2)cc1. The molecule has 11 heteroatoms. The fourth-order valence-corrected chi connectivity index (χ4v) is 8.32. The van der Waals surface area contributed by atoms with Crippen LogP contribution in [-0.2, 0) is 30.6 Å². The summed E-state index contributed by atoms with van der Waals surface area (Å²) < 4.78 is 0. The Bertz CT molecular complexity index is 1340. The molecule has 0 aliphatic carbocycles. The smallest absolute Gasteiger partial charge is 0.246 e. The number of rotatable bonds is 9. The molecule has 3 heterocycles. The van der Waals surface area contributed by atoms with Gasteiger partial charge in [0.05, 0.1) is 12.2 Å². The minimum Gasteiger partial charge on any atom is -0.390 e. The largest absolute Gasteiger partial charge is 0.390 e. The van der Waals surface area contributed by atoms with E-state index in [1.807, 2.05) is 4.90 Å². The molecule has 42 heavy (non-hydrogen) atoms. The monoisotopic (exact) mass is 596 g/mol. The van der Waals surface area contributed by atoms with E-state index in [2.05, 4.69) is 83.0 Å². The number of hydrogen-bond donors (Lipinski definition) is 4. The number of carbonyl (C=O) groups excluding carboxylic acids is 1. The Morgan fingerprint density at radius 2 is 1.69 bits per heavy atom. The first kappa shape index (κ1) is 30.6. The number of likely N-dealkylation sites (N-methyl/N-ethyl adjacent to an activating group) is 1. The molecule has 3 N–H and O–H groups in total. The van der Waals surface area contributed by atoms with Gasteiger partial charge in [-0.3, -0.25) is 4.79 Å². The van der Waals surface area contributed by atoms with Crippen molar-refractivity contribution in [3.05, 3.63) is 76.1 Å². The molecule has 2 aliphatic rings. The Morgan fingerprint density at radius 1 is 0.976 bits per heavy atom. The zero-order valence-corrected chi connectivity index (χ0v) is 25.7. The Morgan fingerprint density at radius 3 is 2.43 bits per heavy atom. The molecule has 0 bridgehead atoms. The van der Waals surface area contributed by atoms with Crippen molar-refractivity contribution in [3.63, 3.8) is 0 Å². The van der Waals surface area contributed by atoms with Gasteiger partial charge in [-0.05, 0) is 72.5 Å². The van der Waals surface area contributed by atoms with Crippen LogP contribution in [0.5, 0.6) is 0 Å². The Kier molecular flexibility index (Phi) is 9.95. The zero-order valence-electron chi connectivity index (χ0n) is 24.8. The highest BCUT2D eigenvalue weighted by atomic mass is 32.2. The lowest BCUT2D eigenvalue weighted by molar-refractivity contribution is -0.133. The summed E-state index contributed by atoms with van der Waals surface area (Å²) in [6.07, 6.45) is 2.45. The lowest BCUT2D eigenvalue weighted by atomic mass is 9.93. The van der Waals surface area contributed by atoms with Crippen LogP contribution in [0, 0.1) is 6.92 Å². The average molecular weight is 597 g/mol. The maximum atomic E-state index is 12.5. The van der Waals surface area contributed by atoms with Gasteiger partial charge in [0.25, 0.3) is 0 Å². The standard InChI is InChI=1S/C31H44N6O4S/c1-21-7-12-24(31-30(41)29(40)26(38)20-42(31)3)18-25(21)17-23-10-8-22(9-11-23)5-4-6-27-32-34-37(33-27)19-28(39)36-15-13-35(2)14-16-36/h7-12,18,26,29-31,38,40-42H,4-6,13-17,19-20H2,1-3H3/t26-,29-,30-,31+/m1/s1. The van der Waals surface area contributed by atoms with E-state index >= 15 is 0 Å². The molecule has 2 saturated heterocycles. The number of piperazine rings is 1. The number of carbonyl (C=O) groups is 1. The van der Waals surface area contributed by atoms with Gasteiger partial charge in [-0.15, -0.1) is 10.2 Å². The topological polar surface area (TPSA) is 128 Å². The quantitative estimate of drug-likeness (QED) is 0.272. The molecular formula is C31H44N6O4S. The summed E-state index contributed by atoms with van der Waals surface area (Å²) in [7, 11) is 1.42. The zero-order chi connectivity index (χ0) is 29.8. The van der Waals surface area contributed by atoms with Gasteiger partial charge in [0.2, 0.25) is 5.91 Å². The molecule has 1 aromatic heterocycles. The first-order valence-electron chi connectivity index (χ1n) is 14.8. The molecule has 5 atom stereocenters. The fraction of sp³-hybridized carbons (Fsp3) is 0.548. The highest BCUT2D eigenvalue weighted by Gasteiger charge is 2.40. The van der Waals surface area contributed by atoms with Gasteiger partial charge < -0.3 is 25.1 Å². The lowest BCUT2D eigenvalue weighted by Crippen LogP contribution is -2.48. The predicted octanol–water partition coefficient (Wildman–Crippen LogP) is 1.29. The van der Waals surface area contributed by atoms with Crippen LogP contribution in [0.1, 0.15) is 45.3 Å². The Hall–Kier alpha value is -2.83. The van der Waals surface area contributed by atoms with Gasteiger partial charge in [-0.1, -0.05) is 42.5 Å². The second-order valence-corrected chi connectivity index (χ2v) is 14.3. The molecule has 0 radical (unpaired) electrons. The number of nitrogens with zero attached hydrogens (tertiary/aromatic N) is 6. The third-order valence-electron chi connectivity index (χ3n) is 8.64. The molecule has 10 nitrogen and oxygen atoms in total. The van der Waals surface area contributed by atoms with Gasteiger partial charge in [0.1, 0.15) is 12.6 Å². The Labute approximate surface area is 250 Å². The molecule has 1 unspecified atom stereocenters. The molecule has 2 aliphatic heterocycles. The van der Waals surface area contributed by atoms with E-state index in [0.29, 0.717) is 18.0 Å². The summed E-state index contributed by atoms with van der Waals surface area (Å²) in [6.45, 7) is 5.49. The molecule has 228 valence electrons. The van der Waals surface area contributed by atoms with Crippen LogP contribution in [0.4, 0.5) is 0 Å². The first-order chi connectivity index (χ1) is 20.2. The molecule has 5 rings (SSSR count). The summed E-state index contributed by atoms with van der Waals surface area (Å²) >= 11 is 0. The summed E-state index contributed by atoms with van der Waals surface area (Å²) in [5.41, 5.74) is 5.90. The number of aliphatic hydroxyl groups excluding tert-OH is 3. The average Bonchev–Trinajstić information content (AvgIpc) is 3.41. The van der Waals surface area contributed by atoms with E-state index in [1.54, 1.807) is 0 Å². The van der Waals surface area contributed by atoms with Crippen molar-refractivity contribution in [2.75, 3.05) is 45.2 Å². The van der Waals surface area contributed by atoms with Gasteiger partial charge in [0.15, 0.2) is 5.82 Å². The molecule has 2 fully saturated rings. The van der Waals surface area contributed by atoms with Crippen molar-refractivity contribution in [3.8, 4) is 0 Å². The second kappa shape index (κ2) is 13.6. The number of hydrogen-bond acceptors (Lipinski definition) is 8. The van der Waals surface area contributed by atoms with Crippen LogP contribution in [0.15, 0.2) is 42.5 Å². The maximum Gasteiger partial charge on any atom is 0.246 e. The molecule has 3 aromatic rings. The van der Waals surface area contributed by atoms with Crippen LogP contribution in [0.3, 0.4) is 0 Å². The van der Waals surface area contributed by atoms with Crippen LogP contribution in [-0.4, -0.2) is 115 Å². The third-order valence-corrected chi connectivity index (χ3v) is 11.1. The highest BCUT2D eigenvalue weighted by Crippen LogP contribution is 2.48. The Balaban J connectivity index is 1.12. The van der Waals surface area contributed by atoms with E-state index in [9.17, 15) is 20.1 Å². The second-order valence-electron chi connectivity index (χ2n) is 11.9. The highest BCUT2D eigenvalue weighted by molar-refractivity contribution is 8.16. The van der Waals surface area contributed by atoms with Crippen molar-refractivity contribution in [2.45, 2.75) is 62.7 Å². The number of aliphatic hydroxyl groups is 3. The molecule has 0 saturated carbocycles. The first-order valence-corrected chi connectivity index (χ1v) is 16.9. The van der Waals surface area contributed by atoms with E-state index < -0.39 is 29.2 Å². The summed E-state index contributed by atoms with van der Waals surface area (Å²) in [5.74, 6) is 1.23. The number of aromatic nitrogens is 4. The normalized spacial score (nSPS) is 26.0. The van der Waals surface area contributed by atoms with Crippen LogP contribution in [0.25, 0.3) is 0 Å². The van der Waals surface area contributed by atoms with E-state index in [0.717, 1.165) is 51.0 Å². The van der Waals surface area contributed by atoms with Crippen molar-refractivity contribution < 1.29 is 20.1 Å². The van der Waals surface area contributed by atoms with Gasteiger partial charge >= 0.3 is 0 Å². The van der Waals surface area contributed by atoms with Gasteiger partial charge in [-0.25, -0.2) is 10.9 Å². The number of aryl methyl sites for hydroxylation is 3. The van der Waals surface area contributed by atoms with E-state index in [1.165, 1.54) is 27.1 Å². The minimum atomic E-state index is -1.11. The minimum absolute atomic E-state index is 0.0368. The van der Waals surface area contributed by atoms with Crippen LogP contribution < -0.4 is 0 Å². The number of amides is 1. The summed E-state index contributed by atoms with van der Waals surface area (Å²) in [5, 5.41) is 43.6. The summed E-state index contributed by atoms with van der Waals surface area (Å²) in [6, 6.07) is 15.0. The molecule has 2 aromatic carbocycles. The number of tetrazole rings is 1. The van der Waals surface area contributed by atoms with E-state index in [4.69, 9.17) is 0 Å². The van der Waals surface area contributed by atoms with Crippen LogP contribution >= 0.6 is 10.9 Å². The molecular weight excluding hydrogens is 552 g/mol.